The highest BCUT2D eigenvalue weighted by Crippen LogP contribution is 2.30. The van der Waals surface area contributed by atoms with Crippen LogP contribution in [0.15, 0.2) is 23.2 Å². The van der Waals surface area contributed by atoms with Gasteiger partial charge in [-0.1, -0.05) is 13.8 Å². The fourth-order valence-corrected chi connectivity index (χ4v) is 1.90. The lowest BCUT2D eigenvalue weighted by Gasteiger charge is -2.14. The van der Waals surface area contributed by atoms with Crippen molar-refractivity contribution in [3.8, 4) is 11.5 Å². The SMILES string of the molecule is CCNC(=NCCC(C)C)Nc1ccc(OC)c(OCC)c1. The molecule has 22 heavy (non-hydrogen) atoms. The van der Waals surface area contributed by atoms with Crippen molar-refractivity contribution in [2.75, 3.05) is 32.1 Å². The average molecular weight is 307 g/mol. The molecule has 0 atom stereocenters. The normalized spacial score (nSPS) is 11.5. The van der Waals surface area contributed by atoms with Gasteiger partial charge in [0.15, 0.2) is 17.5 Å². The van der Waals surface area contributed by atoms with Crippen LogP contribution in [0.3, 0.4) is 0 Å². The fourth-order valence-electron chi connectivity index (χ4n) is 1.90. The highest BCUT2D eigenvalue weighted by Gasteiger charge is 2.07. The first kappa shape index (κ1) is 18.1. The van der Waals surface area contributed by atoms with E-state index >= 15 is 0 Å². The van der Waals surface area contributed by atoms with Crippen LogP contribution in [0.4, 0.5) is 5.69 Å². The van der Waals surface area contributed by atoms with Crippen molar-refractivity contribution in [1.29, 1.82) is 0 Å². The molecule has 0 aliphatic carbocycles. The number of hydrogen-bond donors (Lipinski definition) is 2. The summed E-state index contributed by atoms with van der Waals surface area (Å²) in [6.45, 7) is 10.6. The van der Waals surface area contributed by atoms with E-state index in [0.29, 0.717) is 12.5 Å². The molecule has 1 rings (SSSR count). The maximum absolute atomic E-state index is 5.60. The highest BCUT2D eigenvalue weighted by molar-refractivity contribution is 5.93. The van der Waals surface area contributed by atoms with Crippen LogP contribution in [0.2, 0.25) is 0 Å². The molecule has 0 bridgehead atoms. The lowest BCUT2D eigenvalue weighted by atomic mass is 10.1. The van der Waals surface area contributed by atoms with Crippen LogP contribution in [-0.2, 0) is 0 Å². The molecule has 5 nitrogen and oxygen atoms in total. The van der Waals surface area contributed by atoms with E-state index < -0.39 is 0 Å². The molecule has 0 heterocycles. The second-order valence-corrected chi connectivity index (χ2v) is 5.37. The number of aliphatic imine (C=N–C) groups is 1. The molecule has 0 fully saturated rings. The molecule has 2 N–H and O–H groups in total. The summed E-state index contributed by atoms with van der Waals surface area (Å²) in [6.07, 6.45) is 1.07. The van der Waals surface area contributed by atoms with Crippen molar-refractivity contribution < 1.29 is 9.47 Å². The van der Waals surface area contributed by atoms with Crippen molar-refractivity contribution in [3.05, 3.63) is 18.2 Å². The summed E-state index contributed by atoms with van der Waals surface area (Å²) < 4.78 is 10.9. The third-order valence-electron chi connectivity index (χ3n) is 3.05. The Morgan fingerprint density at radius 1 is 1.23 bits per heavy atom. The quantitative estimate of drug-likeness (QED) is 0.570. The lowest BCUT2D eigenvalue weighted by Crippen LogP contribution is -2.30. The van der Waals surface area contributed by atoms with Crippen LogP contribution in [0.25, 0.3) is 0 Å². The summed E-state index contributed by atoms with van der Waals surface area (Å²) in [4.78, 5) is 4.59. The molecular weight excluding hydrogens is 278 g/mol. The van der Waals surface area contributed by atoms with Crippen molar-refractivity contribution in [2.45, 2.75) is 34.1 Å². The Balaban J connectivity index is 2.81. The van der Waals surface area contributed by atoms with E-state index in [4.69, 9.17) is 9.47 Å². The lowest BCUT2D eigenvalue weighted by molar-refractivity contribution is 0.311. The van der Waals surface area contributed by atoms with Gasteiger partial charge < -0.3 is 20.1 Å². The first-order chi connectivity index (χ1) is 10.6. The summed E-state index contributed by atoms with van der Waals surface area (Å²) in [5.74, 6) is 2.90. The number of rotatable bonds is 8. The Labute approximate surface area is 134 Å². The zero-order valence-electron chi connectivity index (χ0n) is 14.4. The van der Waals surface area contributed by atoms with Gasteiger partial charge in [0.1, 0.15) is 0 Å². The molecule has 0 spiro atoms. The Kier molecular flexibility index (Phi) is 8.18. The Morgan fingerprint density at radius 2 is 2.00 bits per heavy atom. The molecule has 1 aromatic carbocycles. The number of guanidine groups is 1. The van der Waals surface area contributed by atoms with Crippen LogP contribution in [0.5, 0.6) is 11.5 Å². The summed E-state index contributed by atoms with van der Waals surface area (Å²) >= 11 is 0. The van der Waals surface area contributed by atoms with Gasteiger partial charge >= 0.3 is 0 Å². The molecule has 0 radical (unpaired) electrons. The molecule has 0 aliphatic heterocycles. The second-order valence-electron chi connectivity index (χ2n) is 5.37. The molecular formula is C17H29N3O2. The molecule has 0 unspecified atom stereocenters. The molecule has 0 saturated heterocycles. The minimum absolute atomic E-state index is 0.600. The number of anilines is 1. The molecule has 5 heteroatoms. The molecule has 0 aliphatic rings. The van der Waals surface area contributed by atoms with E-state index in [1.807, 2.05) is 25.1 Å². The first-order valence-electron chi connectivity index (χ1n) is 7.96. The first-order valence-corrected chi connectivity index (χ1v) is 7.96. The molecule has 0 saturated carbocycles. The van der Waals surface area contributed by atoms with Crippen LogP contribution in [0, 0.1) is 5.92 Å². The van der Waals surface area contributed by atoms with Gasteiger partial charge in [0, 0.05) is 24.8 Å². The Morgan fingerprint density at radius 3 is 2.59 bits per heavy atom. The van der Waals surface area contributed by atoms with Crippen molar-refractivity contribution >= 4 is 11.6 Å². The van der Waals surface area contributed by atoms with Gasteiger partial charge in [-0.05, 0) is 38.3 Å². The van der Waals surface area contributed by atoms with Gasteiger partial charge in [-0.3, -0.25) is 4.99 Å². The number of benzene rings is 1. The molecule has 124 valence electrons. The van der Waals surface area contributed by atoms with Crippen LogP contribution in [-0.4, -0.2) is 32.8 Å². The van der Waals surface area contributed by atoms with E-state index in [0.717, 1.165) is 42.7 Å². The van der Waals surface area contributed by atoms with Gasteiger partial charge in [0.05, 0.1) is 13.7 Å². The van der Waals surface area contributed by atoms with Crippen LogP contribution >= 0.6 is 0 Å². The smallest absolute Gasteiger partial charge is 0.195 e. The van der Waals surface area contributed by atoms with Crippen molar-refractivity contribution in [1.82, 2.24) is 5.32 Å². The van der Waals surface area contributed by atoms with Crippen LogP contribution < -0.4 is 20.1 Å². The third kappa shape index (κ3) is 6.24. The van der Waals surface area contributed by atoms with Gasteiger partial charge in [0.25, 0.3) is 0 Å². The molecule has 0 amide bonds. The largest absolute Gasteiger partial charge is 0.493 e. The second kappa shape index (κ2) is 9.92. The van der Waals surface area contributed by atoms with Crippen molar-refractivity contribution in [2.24, 2.45) is 10.9 Å². The van der Waals surface area contributed by atoms with Gasteiger partial charge in [-0.15, -0.1) is 0 Å². The van der Waals surface area contributed by atoms with Gasteiger partial charge in [-0.25, -0.2) is 0 Å². The fraction of sp³-hybridized carbons (Fsp3) is 0.588. The summed E-state index contributed by atoms with van der Waals surface area (Å²) in [6, 6.07) is 5.78. The van der Waals surface area contributed by atoms with Crippen molar-refractivity contribution in [3.63, 3.8) is 0 Å². The standard InChI is InChI=1S/C17H29N3O2/c1-6-18-17(19-11-10-13(3)4)20-14-8-9-15(21-5)16(12-14)22-7-2/h8-9,12-13H,6-7,10-11H2,1-5H3,(H2,18,19,20). The van der Waals surface area contributed by atoms with Crippen LogP contribution in [0.1, 0.15) is 34.1 Å². The predicted octanol–water partition coefficient (Wildman–Crippen LogP) is 3.52. The number of nitrogens with one attached hydrogen (secondary N) is 2. The number of nitrogens with zero attached hydrogens (tertiary/aromatic N) is 1. The molecule has 1 aromatic rings. The minimum Gasteiger partial charge on any atom is -0.493 e. The van der Waals surface area contributed by atoms with Gasteiger partial charge in [-0.2, -0.15) is 0 Å². The number of ether oxygens (including phenoxy) is 2. The van der Waals surface area contributed by atoms with E-state index in [1.54, 1.807) is 7.11 Å². The van der Waals surface area contributed by atoms with E-state index in [-0.39, 0.29) is 0 Å². The zero-order chi connectivity index (χ0) is 16.4. The predicted molar refractivity (Wildman–Crippen MR) is 93.2 cm³/mol. The third-order valence-corrected chi connectivity index (χ3v) is 3.05. The maximum Gasteiger partial charge on any atom is 0.195 e. The Bertz CT molecular complexity index is 473. The average Bonchev–Trinajstić information content (AvgIpc) is 2.48. The number of methoxy groups -OCH3 is 1. The highest BCUT2D eigenvalue weighted by atomic mass is 16.5. The van der Waals surface area contributed by atoms with E-state index in [1.165, 1.54) is 0 Å². The minimum atomic E-state index is 0.600. The Hall–Kier alpha value is -1.91. The topological polar surface area (TPSA) is 54.9 Å². The van der Waals surface area contributed by atoms with E-state index in [2.05, 4.69) is 36.4 Å². The summed E-state index contributed by atoms with van der Waals surface area (Å²) in [5, 5.41) is 6.56. The number of hydrogen-bond acceptors (Lipinski definition) is 3. The van der Waals surface area contributed by atoms with Gasteiger partial charge in [0.2, 0.25) is 0 Å². The van der Waals surface area contributed by atoms with E-state index in [9.17, 15) is 0 Å². The monoisotopic (exact) mass is 307 g/mol. The maximum atomic E-state index is 5.60. The zero-order valence-corrected chi connectivity index (χ0v) is 14.4. The summed E-state index contributed by atoms with van der Waals surface area (Å²) in [5.41, 5.74) is 0.925. The molecule has 0 aromatic heterocycles. The summed E-state index contributed by atoms with van der Waals surface area (Å²) in [7, 11) is 1.64.